The minimum atomic E-state index is -0.607. The molecular weight excluding hydrogens is 300 g/mol. The van der Waals surface area contributed by atoms with Gasteiger partial charge in [0.25, 0.3) is 0 Å². The third-order valence-corrected chi connectivity index (χ3v) is 2.84. The number of aliphatic hydroxyl groups excluding tert-OH is 1. The van der Waals surface area contributed by atoms with Crippen molar-refractivity contribution in [1.29, 1.82) is 0 Å². The first-order valence-electron chi connectivity index (χ1n) is 5.46. The van der Waals surface area contributed by atoms with E-state index in [-0.39, 0.29) is 6.61 Å². The van der Waals surface area contributed by atoms with Gasteiger partial charge in [0.15, 0.2) is 6.61 Å². The highest BCUT2D eigenvalue weighted by atomic mass is 79.9. The molecule has 0 aliphatic rings. The predicted molar refractivity (Wildman–Crippen MR) is 68.1 cm³/mol. The van der Waals surface area contributed by atoms with E-state index in [0.717, 1.165) is 4.47 Å². The molecule has 1 atom stereocenters. The smallest absolute Gasteiger partial charge is 0.223 e. The van der Waals surface area contributed by atoms with E-state index in [1.54, 1.807) is 19.9 Å². The molecule has 1 N–H and O–H groups in total. The van der Waals surface area contributed by atoms with Crippen molar-refractivity contribution in [3.8, 4) is 5.75 Å². The zero-order valence-electron chi connectivity index (χ0n) is 10.1. The van der Waals surface area contributed by atoms with E-state index < -0.39 is 6.10 Å². The monoisotopic (exact) mass is 312 g/mol. The molecule has 2 aromatic rings. The second-order valence-electron chi connectivity index (χ2n) is 3.88. The molecule has 5 nitrogen and oxygen atoms in total. The van der Waals surface area contributed by atoms with Crippen molar-refractivity contribution in [2.24, 2.45) is 0 Å². The van der Waals surface area contributed by atoms with Gasteiger partial charge in [0.2, 0.25) is 11.7 Å². The Balaban J connectivity index is 2.13. The number of halogens is 1. The van der Waals surface area contributed by atoms with Gasteiger partial charge in [-0.25, -0.2) is 0 Å². The van der Waals surface area contributed by atoms with Crippen LogP contribution in [0.15, 0.2) is 27.2 Å². The van der Waals surface area contributed by atoms with Crippen LogP contribution >= 0.6 is 15.9 Å². The lowest BCUT2D eigenvalue weighted by Gasteiger charge is -2.12. The molecule has 1 heterocycles. The maximum absolute atomic E-state index is 9.68. The third kappa shape index (κ3) is 3.08. The third-order valence-electron chi connectivity index (χ3n) is 2.35. The van der Waals surface area contributed by atoms with Crippen LogP contribution in [0.2, 0.25) is 0 Å². The zero-order chi connectivity index (χ0) is 13.1. The number of aryl methyl sites for hydroxylation is 1. The fourth-order valence-electron chi connectivity index (χ4n) is 1.52. The van der Waals surface area contributed by atoms with Crippen LogP contribution in [0.25, 0.3) is 0 Å². The molecule has 0 saturated heterocycles. The van der Waals surface area contributed by atoms with Crippen LogP contribution in [0.3, 0.4) is 0 Å². The summed E-state index contributed by atoms with van der Waals surface area (Å²) in [7, 11) is 0. The second-order valence-corrected chi connectivity index (χ2v) is 4.79. The van der Waals surface area contributed by atoms with Gasteiger partial charge < -0.3 is 14.4 Å². The Labute approximate surface area is 113 Å². The molecule has 1 aromatic carbocycles. The molecule has 0 fully saturated rings. The molecule has 1 aromatic heterocycles. The first-order chi connectivity index (χ1) is 8.56. The molecule has 1 unspecified atom stereocenters. The number of nitrogens with zero attached hydrogens (tertiary/aromatic N) is 2. The summed E-state index contributed by atoms with van der Waals surface area (Å²) in [6.07, 6.45) is -0.607. The van der Waals surface area contributed by atoms with Crippen LogP contribution in [-0.2, 0) is 6.61 Å². The lowest BCUT2D eigenvalue weighted by atomic mass is 10.1. The molecule has 0 aliphatic heterocycles. The van der Waals surface area contributed by atoms with Gasteiger partial charge in [-0.3, -0.25) is 0 Å². The minimum Gasteiger partial charge on any atom is -0.485 e. The van der Waals surface area contributed by atoms with E-state index in [2.05, 4.69) is 26.1 Å². The van der Waals surface area contributed by atoms with Crippen molar-refractivity contribution in [3.05, 3.63) is 40.0 Å². The molecule has 96 valence electrons. The Kier molecular flexibility index (Phi) is 3.98. The van der Waals surface area contributed by atoms with Crippen LogP contribution in [0.5, 0.6) is 5.75 Å². The van der Waals surface area contributed by atoms with Gasteiger partial charge in [0.05, 0.1) is 6.10 Å². The fraction of sp³-hybridized carbons (Fsp3) is 0.333. The number of benzene rings is 1. The van der Waals surface area contributed by atoms with Crippen LogP contribution in [0.1, 0.15) is 30.3 Å². The van der Waals surface area contributed by atoms with E-state index >= 15 is 0 Å². The molecular formula is C12H13BrN2O3. The second kappa shape index (κ2) is 5.49. The Morgan fingerprint density at radius 2 is 2.28 bits per heavy atom. The lowest BCUT2D eigenvalue weighted by Crippen LogP contribution is -2.02. The van der Waals surface area contributed by atoms with E-state index in [1.165, 1.54) is 0 Å². The lowest BCUT2D eigenvalue weighted by molar-refractivity contribution is 0.189. The zero-order valence-corrected chi connectivity index (χ0v) is 11.6. The van der Waals surface area contributed by atoms with Crippen molar-refractivity contribution >= 4 is 15.9 Å². The normalized spacial score (nSPS) is 12.4. The molecule has 0 amide bonds. The highest BCUT2D eigenvalue weighted by Crippen LogP contribution is 2.28. The number of aliphatic hydroxyl groups is 1. The van der Waals surface area contributed by atoms with Gasteiger partial charge in [0, 0.05) is 17.0 Å². The van der Waals surface area contributed by atoms with E-state index in [1.807, 2.05) is 12.1 Å². The van der Waals surface area contributed by atoms with Crippen LogP contribution < -0.4 is 4.74 Å². The summed E-state index contributed by atoms with van der Waals surface area (Å²) in [5.41, 5.74) is 0.713. The Morgan fingerprint density at radius 1 is 1.50 bits per heavy atom. The highest BCUT2D eigenvalue weighted by Gasteiger charge is 2.11. The highest BCUT2D eigenvalue weighted by molar-refractivity contribution is 9.10. The molecule has 18 heavy (non-hydrogen) atoms. The summed E-state index contributed by atoms with van der Waals surface area (Å²) in [4.78, 5) is 4.04. The Hall–Kier alpha value is -1.40. The van der Waals surface area contributed by atoms with E-state index in [4.69, 9.17) is 9.26 Å². The van der Waals surface area contributed by atoms with Gasteiger partial charge in [0.1, 0.15) is 5.75 Å². The summed E-state index contributed by atoms with van der Waals surface area (Å²) in [6, 6.07) is 5.46. The Morgan fingerprint density at radius 3 is 2.89 bits per heavy atom. The van der Waals surface area contributed by atoms with Gasteiger partial charge in [-0.1, -0.05) is 21.1 Å². The van der Waals surface area contributed by atoms with E-state index in [0.29, 0.717) is 23.0 Å². The van der Waals surface area contributed by atoms with Crippen LogP contribution in [0, 0.1) is 6.92 Å². The molecule has 0 saturated carbocycles. The van der Waals surface area contributed by atoms with E-state index in [9.17, 15) is 5.11 Å². The maximum Gasteiger partial charge on any atom is 0.223 e. The largest absolute Gasteiger partial charge is 0.485 e. The molecule has 0 spiro atoms. The number of rotatable bonds is 4. The number of aromatic nitrogens is 2. The molecule has 0 bridgehead atoms. The maximum atomic E-state index is 9.68. The van der Waals surface area contributed by atoms with Crippen molar-refractivity contribution < 1.29 is 14.4 Å². The van der Waals surface area contributed by atoms with Gasteiger partial charge in [-0.05, 0) is 25.1 Å². The first kappa shape index (κ1) is 13.0. The summed E-state index contributed by atoms with van der Waals surface area (Å²) < 4.78 is 11.3. The first-order valence-corrected chi connectivity index (χ1v) is 6.25. The molecule has 6 heteroatoms. The van der Waals surface area contributed by atoms with Crippen molar-refractivity contribution in [2.75, 3.05) is 0 Å². The van der Waals surface area contributed by atoms with Gasteiger partial charge >= 0.3 is 0 Å². The summed E-state index contributed by atoms with van der Waals surface area (Å²) >= 11 is 3.36. The molecule has 0 aliphatic carbocycles. The van der Waals surface area contributed by atoms with Crippen LogP contribution in [-0.4, -0.2) is 15.2 Å². The molecule has 0 radical (unpaired) electrons. The standard InChI is InChI=1S/C12H13BrN2O3/c1-7(16)10-5-9(13)3-4-11(10)17-6-12-14-8(2)18-15-12/h3-5,7,16H,6H2,1-2H3. The average molecular weight is 313 g/mol. The average Bonchev–Trinajstić information content (AvgIpc) is 2.73. The predicted octanol–water partition coefficient (Wildman–Crippen LogP) is 2.77. The summed E-state index contributed by atoms with van der Waals surface area (Å²) in [5.74, 6) is 1.59. The summed E-state index contributed by atoms with van der Waals surface area (Å²) in [5, 5.41) is 13.4. The van der Waals surface area contributed by atoms with Crippen molar-refractivity contribution in [2.45, 2.75) is 26.6 Å². The molecule has 2 rings (SSSR count). The van der Waals surface area contributed by atoms with Crippen molar-refractivity contribution in [3.63, 3.8) is 0 Å². The fourth-order valence-corrected chi connectivity index (χ4v) is 1.90. The van der Waals surface area contributed by atoms with Crippen LogP contribution in [0.4, 0.5) is 0 Å². The SMILES string of the molecule is Cc1nc(COc2ccc(Br)cc2C(C)O)no1. The van der Waals surface area contributed by atoms with Gasteiger partial charge in [-0.15, -0.1) is 0 Å². The van der Waals surface area contributed by atoms with Gasteiger partial charge in [-0.2, -0.15) is 4.98 Å². The minimum absolute atomic E-state index is 0.207. The number of ether oxygens (including phenoxy) is 1. The topological polar surface area (TPSA) is 68.4 Å². The Bertz CT molecular complexity index is 540. The van der Waals surface area contributed by atoms with Crippen molar-refractivity contribution in [1.82, 2.24) is 10.1 Å². The quantitative estimate of drug-likeness (QED) is 0.940. The number of hydrogen-bond acceptors (Lipinski definition) is 5. The summed E-state index contributed by atoms with van der Waals surface area (Å²) in [6.45, 7) is 3.61. The number of hydrogen-bond donors (Lipinski definition) is 1.